The van der Waals surface area contributed by atoms with Crippen LogP contribution in [0.3, 0.4) is 0 Å². The minimum Gasteiger partial charge on any atom is -0.490 e. The van der Waals surface area contributed by atoms with E-state index in [1.807, 2.05) is 18.7 Å². The van der Waals surface area contributed by atoms with Crippen molar-refractivity contribution in [1.82, 2.24) is 9.80 Å². The van der Waals surface area contributed by atoms with E-state index < -0.39 is 0 Å². The molecule has 0 bridgehead atoms. The highest BCUT2D eigenvalue weighted by molar-refractivity contribution is 6.31. The topological polar surface area (TPSA) is 42.0 Å². The first-order valence-electron chi connectivity index (χ1n) is 9.87. The lowest BCUT2D eigenvalue weighted by atomic mass is 10.1. The van der Waals surface area contributed by atoms with Gasteiger partial charge in [-0.25, -0.2) is 4.39 Å². The Hall–Kier alpha value is -2.31. The van der Waals surface area contributed by atoms with Crippen molar-refractivity contribution in [2.75, 3.05) is 39.4 Å². The van der Waals surface area contributed by atoms with E-state index in [1.165, 1.54) is 12.1 Å². The molecule has 0 N–H and O–H groups in total. The molecule has 0 aromatic heterocycles. The van der Waals surface area contributed by atoms with Crippen LogP contribution in [0.5, 0.6) is 11.5 Å². The molecule has 0 radical (unpaired) electrons. The third-order valence-corrected chi connectivity index (χ3v) is 5.21. The van der Waals surface area contributed by atoms with Gasteiger partial charge in [-0.1, -0.05) is 17.7 Å². The summed E-state index contributed by atoms with van der Waals surface area (Å²) < 4.78 is 24.4. The first kappa shape index (κ1) is 21.4. The average Bonchev–Trinajstić information content (AvgIpc) is 2.72. The van der Waals surface area contributed by atoms with Gasteiger partial charge in [0.05, 0.1) is 13.2 Å². The molecular formula is C22H26ClFN2O3. The normalized spacial score (nSPS) is 14.7. The molecule has 1 aliphatic rings. The van der Waals surface area contributed by atoms with E-state index in [0.717, 1.165) is 18.7 Å². The Labute approximate surface area is 176 Å². The van der Waals surface area contributed by atoms with Crippen molar-refractivity contribution >= 4 is 17.5 Å². The Morgan fingerprint density at radius 1 is 1.00 bits per heavy atom. The van der Waals surface area contributed by atoms with Gasteiger partial charge < -0.3 is 14.4 Å². The highest BCUT2D eigenvalue weighted by atomic mass is 35.5. The standard InChI is InChI=1S/C22H26ClFN2O3/c1-3-28-20-8-6-16(13-21(20)29-4-2)22(27)26-11-9-25(10-12-26)15-17-5-7-18(24)14-19(17)23/h5-8,13-14H,3-4,9-12,15H2,1-2H3. The van der Waals surface area contributed by atoms with Crippen molar-refractivity contribution in [3.05, 3.63) is 58.4 Å². The molecule has 29 heavy (non-hydrogen) atoms. The molecular weight excluding hydrogens is 395 g/mol. The number of amides is 1. The lowest BCUT2D eigenvalue weighted by Crippen LogP contribution is -2.48. The Kier molecular flexibility index (Phi) is 7.34. The number of hydrogen-bond donors (Lipinski definition) is 0. The summed E-state index contributed by atoms with van der Waals surface area (Å²) in [6.45, 7) is 8.19. The summed E-state index contributed by atoms with van der Waals surface area (Å²) in [7, 11) is 0. The number of benzene rings is 2. The second-order valence-electron chi connectivity index (χ2n) is 6.83. The fourth-order valence-electron chi connectivity index (χ4n) is 3.37. The Morgan fingerprint density at radius 3 is 2.34 bits per heavy atom. The SMILES string of the molecule is CCOc1ccc(C(=O)N2CCN(Cc3ccc(F)cc3Cl)CC2)cc1OCC. The number of ether oxygens (including phenoxy) is 2. The maximum atomic E-state index is 13.2. The van der Waals surface area contributed by atoms with Crippen molar-refractivity contribution in [1.29, 1.82) is 0 Å². The summed E-state index contributed by atoms with van der Waals surface area (Å²) in [5.41, 5.74) is 1.48. The predicted octanol–water partition coefficient (Wildman–Crippen LogP) is 4.23. The van der Waals surface area contributed by atoms with Crippen LogP contribution < -0.4 is 9.47 Å². The minimum atomic E-state index is -0.337. The van der Waals surface area contributed by atoms with Crippen LogP contribution in [0.2, 0.25) is 5.02 Å². The van der Waals surface area contributed by atoms with Crippen molar-refractivity contribution in [2.45, 2.75) is 20.4 Å². The third kappa shape index (κ3) is 5.40. The number of halogens is 2. The summed E-state index contributed by atoms with van der Waals surface area (Å²) >= 11 is 6.13. The van der Waals surface area contributed by atoms with Crippen LogP contribution in [0.1, 0.15) is 29.8 Å². The van der Waals surface area contributed by atoms with Gasteiger partial charge in [0, 0.05) is 43.3 Å². The summed E-state index contributed by atoms with van der Waals surface area (Å²) in [6, 6.07) is 9.78. The molecule has 1 saturated heterocycles. The van der Waals surface area contributed by atoms with Crippen molar-refractivity contribution < 1.29 is 18.7 Å². The molecule has 1 aliphatic heterocycles. The van der Waals surface area contributed by atoms with Gasteiger partial charge in [0.1, 0.15) is 5.82 Å². The molecule has 0 aliphatic carbocycles. The zero-order valence-electron chi connectivity index (χ0n) is 16.8. The van der Waals surface area contributed by atoms with E-state index in [9.17, 15) is 9.18 Å². The van der Waals surface area contributed by atoms with Gasteiger partial charge in [-0.3, -0.25) is 9.69 Å². The maximum Gasteiger partial charge on any atom is 0.254 e. The van der Waals surface area contributed by atoms with Crippen molar-refractivity contribution in [2.24, 2.45) is 0 Å². The third-order valence-electron chi connectivity index (χ3n) is 4.86. The molecule has 2 aromatic rings. The van der Waals surface area contributed by atoms with E-state index >= 15 is 0 Å². The highest BCUT2D eigenvalue weighted by Crippen LogP contribution is 2.29. The Morgan fingerprint density at radius 2 is 1.69 bits per heavy atom. The molecule has 1 heterocycles. The van der Waals surface area contributed by atoms with Gasteiger partial charge in [0.15, 0.2) is 11.5 Å². The molecule has 1 amide bonds. The summed E-state index contributed by atoms with van der Waals surface area (Å²) in [6.07, 6.45) is 0. The molecule has 1 fully saturated rings. The van der Waals surface area contributed by atoms with E-state index in [-0.39, 0.29) is 11.7 Å². The van der Waals surface area contributed by atoms with Gasteiger partial charge in [-0.05, 0) is 49.7 Å². The molecule has 7 heteroatoms. The van der Waals surface area contributed by atoms with Crippen LogP contribution in [-0.2, 0) is 6.54 Å². The zero-order chi connectivity index (χ0) is 20.8. The van der Waals surface area contributed by atoms with Crippen LogP contribution in [0.25, 0.3) is 0 Å². The number of hydrogen-bond acceptors (Lipinski definition) is 4. The van der Waals surface area contributed by atoms with Crippen LogP contribution in [0.15, 0.2) is 36.4 Å². The fourth-order valence-corrected chi connectivity index (χ4v) is 3.59. The average molecular weight is 421 g/mol. The summed E-state index contributed by atoms with van der Waals surface area (Å²) in [5, 5.41) is 0.432. The number of carbonyl (C=O) groups excluding carboxylic acids is 1. The van der Waals surface area contributed by atoms with Gasteiger partial charge in [0.25, 0.3) is 5.91 Å². The Balaban J connectivity index is 1.61. The van der Waals surface area contributed by atoms with Crippen molar-refractivity contribution in [3.63, 3.8) is 0 Å². The van der Waals surface area contributed by atoms with Crippen LogP contribution >= 0.6 is 11.6 Å². The first-order chi connectivity index (χ1) is 14.0. The predicted molar refractivity (Wildman–Crippen MR) is 111 cm³/mol. The van der Waals surface area contributed by atoms with E-state index in [2.05, 4.69) is 4.90 Å². The van der Waals surface area contributed by atoms with E-state index in [4.69, 9.17) is 21.1 Å². The highest BCUT2D eigenvalue weighted by Gasteiger charge is 2.23. The smallest absolute Gasteiger partial charge is 0.254 e. The number of rotatable bonds is 7. The van der Waals surface area contributed by atoms with Gasteiger partial charge in [-0.2, -0.15) is 0 Å². The van der Waals surface area contributed by atoms with Crippen LogP contribution in [0.4, 0.5) is 4.39 Å². The molecule has 2 aromatic carbocycles. The lowest BCUT2D eigenvalue weighted by molar-refractivity contribution is 0.0628. The molecule has 3 rings (SSSR count). The van der Waals surface area contributed by atoms with Crippen LogP contribution in [-0.4, -0.2) is 55.1 Å². The van der Waals surface area contributed by atoms with Crippen molar-refractivity contribution in [3.8, 4) is 11.5 Å². The minimum absolute atomic E-state index is 0.0199. The number of carbonyl (C=O) groups is 1. The molecule has 0 unspecified atom stereocenters. The quantitative estimate of drug-likeness (QED) is 0.672. The molecule has 0 spiro atoms. The lowest BCUT2D eigenvalue weighted by Gasteiger charge is -2.35. The summed E-state index contributed by atoms with van der Waals surface area (Å²) in [5.74, 6) is 0.876. The fraction of sp³-hybridized carbons (Fsp3) is 0.409. The van der Waals surface area contributed by atoms with Gasteiger partial charge >= 0.3 is 0 Å². The monoisotopic (exact) mass is 420 g/mol. The number of nitrogens with zero attached hydrogens (tertiary/aromatic N) is 2. The van der Waals surface area contributed by atoms with Crippen LogP contribution in [0, 0.1) is 5.82 Å². The van der Waals surface area contributed by atoms with Gasteiger partial charge in [-0.15, -0.1) is 0 Å². The number of piperazine rings is 1. The van der Waals surface area contributed by atoms with E-state index in [0.29, 0.717) is 54.9 Å². The molecule has 5 nitrogen and oxygen atoms in total. The summed E-state index contributed by atoms with van der Waals surface area (Å²) in [4.78, 5) is 17.0. The Bertz CT molecular complexity index is 854. The van der Waals surface area contributed by atoms with Gasteiger partial charge in [0.2, 0.25) is 0 Å². The first-order valence-corrected chi connectivity index (χ1v) is 10.2. The largest absolute Gasteiger partial charge is 0.490 e. The second-order valence-corrected chi connectivity index (χ2v) is 7.24. The maximum absolute atomic E-state index is 13.2. The zero-order valence-corrected chi connectivity index (χ0v) is 17.5. The van der Waals surface area contributed by atoms with E-state index in [1.54, 1.807) is 24.3 Å². The molecule has 0 saturated carbocycles. The molecule has 0 atom stereocenters. The second kappa shape index (κ2) is 9.94. The molecule has 156 valence electrons.